The van der Waals surface area contributed by atoms with E-state index in [1.807, 2.05) is 13.0 Å². The molecule has 0 bridgehead atoms. The van der Waals surface area contributed by atoms with E-state index in [2.05, 4.69) is 22.2 Å². The summed E-state index contributed by atoms with van der Waals surface area (Å²) in [7, 11) is 1.57. The molecule has 0 saturated heterocycles. The Kier molecular flexibility index (Phi) is 7.20. The van der Waals surface area contributed by atoms with Crippen LogP contribution in [-0.4, -0.2) is 29.4 Å². The largest absolute Gasteiger partial charge is 0.496 e. The molecule has 26 heavy (non-hydrogen) atoms. The van der Waals surface area contributed by atoms with Gasteiger partial charge in [0.25, 0.3) is 0 Å². The predicted molar refractivity (Wildman–Crippen MR) is 102 cm³/mol. The van der Waals surface area contributed by atoms with Crippen LogP contribution in [0.4, 0.5) is 11.8 Å². The minimum absolute atomic E-state index is 0.0742. The van der Waals surface area contributed by atoms with E-state index in [9.17, 15) is 4.79 Å². The van der Waals surface area contributed by atoms with Crippen molar-refractivity contribution in [2.24, 2.45) is 0 Å². The third-order valence-corrected chi connectivity index (χ3v) is 3.91. The number of nitrogen functional groups attached to an aromatic ring is 1. The number of carbonyl (C=O) groups is 1. The number of carbonyl (C=O) groups excluding carboxylic acids is 1. The maximum absolute atomic E-state index is 11.9. The first-order valence-electron chi connectivity index (χ1n) is 8.78. The second-order valence-corrected chi connectivity index (χ2v) is 5.81. The summed E-state index contributed by atoms with van der Waals surface area (Å²) in [5.74, 6) is 1.97. The summed E-state index contributed by atoms with van der Waals surface area (Å²) in [6, 6.07) is 5.36. The molecule has 0 unspecified atom stereocenters. The van der Waals surface area contributed by atoms with Gasteiger partial charge in [0, 0.05) is 24.1 Å². The highest BCUT2D eigenvalue weighted by atomic mass is 16.5. The molecule has 0 saturated carbocycles. The molecule has 0 amide bonds. The van der Waals surface area contributed by atoms with Gasteiger partial charge >= 0.3 is 0 Å². The number of methoxy groups -OCH3 is 1. The van der Waals surface area contributed by atoms with Gasteiger partial charge < -0.3 is 20.5 Å². The lowest BCUT2D eigenvalue weighted by Crippen LogP contribution is -2.09. The Hall–Kier alpha value is -2.83. The number of ketones is 1. The number of unbranched alkanes of at least 4 members (excludes halogenated alkanes) is 1. The fraction of sp³-hybridized carbons (Fsp3) is 0.421. The average molecular weight is 358 g/mol. The summed E-state index contributed by atoms with van der Waals surface area (Å²) in [4.78, 5) is 20.1. The molecule has 3 N–H and O–H groups in total. The number of ether oxygens (including phenoxy) is 2. The van der Waals surface area contributed by atoms with Crippen LogP contribution < -0.4 is 20.5 Å². The van der Waals surface area contributed by atoms with Crippen molar-refractivity contribution in [1.29, 1.82) is 0 Å². The van der Waals surface area contributed by atoms with Crippen LogP contribution in [-0.2, 0) is 6.61 Å². The molecule has 1 aromatic carbocycles. The molecule has 0 atom stereocenters. The van der Waals surface area contributed by atoms with Crippen molar-refractivity contribution in [3.05, 3.63) is 35.5 Å². The molecule has 0 aliphatic heterocycles. The van der Waals surface area contributed by atoms with E-state index < -0.39 is 0 Å². The number of benzene rings is 1. The highest BCUT2D eigenvalue weighted by Crippen LogP contribution is 2.26. The molecular formula is C19H26N4O3. The van der Waals surface area contributed by atoms with Crippen molar-refractivity contribution >= 4 is 17.5 Å². The van der Waals surface area contributed by atoms with Gasteiger partial charge in [0.05, 0.1) is 13.3 Å². The number of rotatable bonds is 10. The van der Waals surface area contributed by atoms with Crippen molar-refractivity contribution in [3.63, 3.8) is 0 Å². The number of nitrogens with zero attached hydrogens (tertiary/aromatic N) is 2. The summed E-state index contributed by atoms with van der Waals surface area (Å²) in [5.41, 5.74) is 7.13. The molecule has 140 valence electrons. The first-order valence-corrected chi connectivity index (χ1v) is 8.78. The predicted octanol–water partition coefficient (Wildman–Crippen LogP) is 3.45. The van der Waals surface area contributed by atoms with Gasteiger partial charge in [-0.25, -0.2) is 4.98 Å². The maximum atomic E-state index is 11.9. The SMILES string of the molecule is CCCCNc1nc(N)ncc1OCc1ccc(C(=O)CC)cc1OC. The third kappa shape index (κ3) is 5.08. The molecule has 0 aliphatic rings. The Morgan fingerprint density at radius 2 is 2.08 bits per heavy atom. The van der Waals surface area contributed by atoms with Gasteiger partial charge in [-0.1, -0.05) is 32.4 Å². The van der Waals surface area contributed by atoms with Crippen LogP contribution in [0.15, 0.2) is 24.4 Å². The van der Waals surface area contributed by atoms with Gasteiger partial charge in [-0.3, -0.25) is 4.79 Å². The lowest BCUT2D eigenvalue weighted by atomic mass is 10.1. The fourth-order valence-electron chi connectivity index (χ4n) is 2.40. The fourth-order valence-corrected chi connectivity index (χ4v) is 2.40. The maximum Gasteiger partial charge on any atom is 0.222 e. The van der Waals surface area contributed by atoms with E-state index in [0.717, 1.165) is 24.9 Å². The van der Waals surface area contributed by atoms with Crippen molar-refractivity contribution in [2.45, 2.75) is 39.7 Å². The number of hydrogen-bond donors (Lipinski definition) is 2. The number of nitrogens with one attached hydrogen (secondary N) is 1. The van der Waals surface area contributed by atoms with Crippen LogP contribution in [0.1, 0.15) is 49.0 Å². The standard InChI is InChI=1S/C19H26N4O3/c1-4-6-9-21-18-17(11-22-19(20)23-18)26-12-14-8-7-13(15(24)5-2)10-16(14)25-3/h7-8,10-11H,4-6,9,12H2,1-3H3,(H3,20,21,22,23). The van der Waals surface area contributed by atoms with Crippen LogP contribution in [0.3, 0.4) is 0 Å². The van der Waals surface area contributed by atoms with E-state index in [0.29, 0.717) is 29.3 Å². The minimum atomic E-state index is 0.0742. The molecule has 0 radical (unpaired) electrons. The molecule has 0 spiro atoms. The van der Waals surface area contributed by atoms with E-state index in [1.54, 1.807) is 25.4 Å². The lowest BCUT2D eigenvalue weighted by Gasteiger charge is -2.14. The highest BCUT2D eigenvalue weighted by molar-refractivity contribution is 5.96. The number of hydrogen-bond acceptors (Lipinski definition) is 7. The van der Waals surface area contributed by atoms with Gasteiger partial charge in [0.1, 0.15) is 12.4 Å². The summed E-state index contributed by atoms with van der Waals surface area (Å²) < 4.78 is 11.3. The normalized spacial score (nSPS) is 10.4. The monoisotopic (exact) mass is 358 g/mol. The smallest absolute Gasteiger partial charge is 0.222 e. The average Bonchev–Trinajstić information content (AvgIpc) is 2.66. The van der Waals surface area contributed by atoms with Crippen LogP contribution >= 0.6 is 0 Å². The molecule has 1 aromatic heterocycles. The Morgan fingerprint density at radius 1 is 1.27 bits per heavy atom. The van der Waals surface area contributed by atoms with Crippen molar-refractivity contribution in [1.82, 2.24) is 9.97 Å². The van der Waals surface area contributed by atoms with Crippen LogP contribution in [0, 0.1) is 0 Å². The second kappa shape index (κ2) is 9.60. The summed E-state index contributed by atoms with van der Waals surface area (Å²) in [6.45, 7) is 4.99. The second-order valence-electron chi connectivity index (χ2n) is 5.81. The Labute approximate surface area is 153 Å². The zero-order valence-electron chi connectivity index (χ0n) is 15.5. The molecule has 7 nitrogen and oxygen atoms in total. The summed E-state index contributed by atoms with van der Waals surface area (Å²) >= 11 is 0. The third-order valence-electron chi connectivity index (χ3n) is 3.91. The van der Waals surface area contributed by atoms with E-state index in [-0.39, 0.29) is 18.3 Å². The van der Waals surface area contributed by atoms with Gasteiger partial charge in [0.2, 0.25) is 5.95 Å². The Balaban J connectivity index is 2.14. The molecule has 7 heteroatoms. The van der Waals surface area contributed by atoms with Gasteiger partial charge in [-0.15, -0.1) is 0 Å². The summed E-state index contributed by atoms with van der Waals surface area (Å²) in [6.07, 6.45) is 4.10. The highest BCUT2D eigenvalue weighted by Gasteiger charge is 2.12. The van der Waals surface area contributed by atoms with Crippen LogP contribution in [0.25, 0.3) is 0 Å². The first kappa shape index (κ1) is 19.5. The zero-order chi connectivity index (χ0) is 18.9. The van der Waals surface area contributed by atoms with Crippen LogP contribution in [0.2, 0.25) is 0 Å². The Morgan fingerprint density at radius 3 is 2.77 bits per heavy atom. The molecular weight excluding hydrogens is 332 g/mol. The van der Waals surface area contributed by atoms with Gasteiger partial charge in [-0.2, -0.15) is 4.98 Å². The molecule has 0 aliphatic carbocycles. The topological polar surface area (TPSA) is 99.4 Å². The first-order chi connectivity index (χ1) is 12.6. The van der Waals surface area contributed by atoms with Gasteiger partial charge in [-0.05, 0) is 12.5 Å². The van der Waals surface area contributed by atoms with Crippen molar-refractivity contribution in [3.8, 4) is 11.5 Å². The quantitative estimate of drug-likeness (QED) is 0.495. The van der Waals surface area contributed by atoms with E-state index >= 15 is 0 Å². The number of anilines is 2. The zero-order valence-corrected chi connectivity index (χ0v) is 15.5. The number of Topliss-reactive ketones (excluding diaryl/α,β-unsaturated/α-hetero) is 1. The van der Waals surface area contributed by atoms with Crippen molar-refractivity contribution < 1.29 is 14.3 Å². The molecule has 2 rings (SSSR count). The Bertz CT molecular complexity index is 750. The molecule has 1 heterocycles. The molecule has 0 fully saturated rings. The van der Waals surface area contributed by atoms with E-state index in [4.69, 9.17) is 15.2 Å². The molecule has 2 aromatic rings. The number of nitrogens with two attached hydrogens (primary N) is 1. The lowest BCUT2D eigenvalue weighted by molar-refractivity contribution is 0.0987. The van der Waals surface area contributed by atoms with Crippen LogP contribution in [0.5, 0.6) is 11.5 Å². The minimum Gasteiger partial charge on any atom is -0.496 e. The summed E-state index contributed by atoms with van der Waals surface area (Å²) in [5, 5.41) is 3.22. The number of aromatic nitrogens is 2. The van der Waals surface area contributed by atoms with E-state index in [1.165, 1.54) is 0 Å². The van der Waals surface area contributed by atoms with Crippen molar-refractivity contribution in [2.75, 3.05) is 24.7 Å². The van der Waals surface area contributed by atoms with Gasteiger partial charge in [0.15, 0.2) is 17.4 Å².